The van der Waals surface area contributed by atoms with Crippen LogP contribution in [0.2, 0.25) is 0 Å². The van der Waals surface area contributed by atoms with Crippen molar-refractivity contribution in [3.05, 3.63) is 106 Å². The Labute approximate surface area is 232 Å². The molecule has 2 amide bonds. The van der Waals surface area contributed by atoms with Crippen molar-refractivity contribution in [2.24, 2.45) is 0 Å². The van der Waals surface area contributed by atoms with E-state index in [2.05, 4.69) is 4.98 Å². The predicted octanol–water partition coefficient (Wildman–Crippen LogP) is 4.44. The Bertz CT molecular complexity index is 1450. The second-order valence-corrected chi connectivity index (χ2v) is 9.30. The van der Waals surface area contributed by atoms with Gasteiger partial charge in [-0.25, -0.2) is 0 Å². The van der Waals surface area contributed by atoms with Crippen molar-refractivity contribution >= 4 is 28.4 Å². The fraction of sp³-hybridized carbons (Fsp3) is 0.267. The van der Waals surface area contributed by atoms with Crippen LogP contribution in [-0.2, 0) is 22.5 Å². The molecule has 0 saturated carbocycles. The first-order chi connectivity index (χ1) is 19.4. The first-order valence-electron chi connectivity index (χ1n) is 12.9. The number of nitrogens with one attached hydrogen (secondary N) is 1. The first kappa shape index (κ1) is 28.3. The fourth-order valence-corrected chi connectivity index (χ4v) is 4.46. The minimum atomic E-state index is -0.523. The molecule has 1 N–H and O–H groups in total. The van der Waals surface area contributed by atoms with Crippen LogP contribution in [0.5, 0.6) is 5.75 Å². The molecular formula is C30H32N4O6. The third-order valence-electron chi connectivity index (χ3n) is 6.71. The number of para-hydroxylation sites is 1. The van der Waals surface area contributed by atoms with E-state index >= 15 is 0 Å². The van der Waals surface area contributed by atoms with Crippen molar-refractivity contribution in [2.45, 2.75) is 13.0 Å². The summed E-state index contributed by atoms with van der Waals surface area (Å²) in [4.78, 5) is 44.0. The molecule has 3 aromatic carbocycles. The van der Waals surface area contributed by atoms with Crippen LogP contribution in [0.1, 0.15) is 21.5 Å². The lowest BCUT2D eigenvalue weighted by Crippen LogP contribution is -2.44. The van der Waals surface area contributed by atoms with Crippen molar-refractivity contribution in [1.29, 1.82) is 0 Å². The van der Waals surface area contributed by atoms with Gasteiger partial charge >= 0.3 is 0 Å². The van der Waals surface area contributed by atoms with Crippen LogP contribution in [0.3, 0.4) is 0 Å². The predicted molar refractivity (Wildman–Crippen MR) is 151 cm³/mol. The van der Waals surface area contributed by atoms with Gasteiger partial charge in [0.25, 0.3) is 11.6 Å². The Hall–Kier alpha value is -4.70. The van der Waals surface area contributed by atoms with E-state index in [1.54, 1.807) is 12.0 Å². The highest BCUT2D eigenvalue weighted by Gasteiger charge is 2.23. The number of hydrogen-bond donors (Lipinski definition) is 1. The number of fused-ring (bicyclic) bond motifs is 1. The molecular weight excluding hydrogens is 512 g/mol. The summed E-state index contributed by atoms with van der Waals surface area (Å²) in [5.74, 6) is 0.100. The van der Waals surface area contributed by atoms with Gasteiger partial charge in [0.15, 0.2) is 0 Å². The molecule has 0 aliphatic rings. The minimum Gasteiger partial charge on any atom is -0.497 e. The average molecular weight is 545 g/mol. The summed E-state index contributed by atoms with van der Waals surface area (Å²) in [6.07, 6.45) is 2.59. The van der Waals surface area contributed by atoms with Gasteiger partial charge in [-0.3, -0.25) is 19.7 Å². The molecule has 208 valence electrons. The molecule has 0 radical (unpaired) electrons. The summed E-state index contributed by atoms with van der Waals surface area (Å²) in [5, 5.41) is 12.1. The fourth-order valence-electron chi connectivity index (χ4n) is 4.46. The van der Waals surface area contributed by atoms with Crippen LogP contribution >= 0.6 is 0 Å². The largest absolute Gasteiger partial charge is 0.497 e. The summed E-state index contributed by atoms with van der Waals surface area (Å²) < 4.78 is 10.4. The Morgan fingerprint density at radius 3 is 2.33 bits per heavy atom. The van der Waals surface area contributed by atoms with E-state index < -0.39 is 10.8 Å². The van der Waals surface area contributed by atoms with Crippen LogP contribution in [0.15, 0.2) is 79.0 Å². The molecule has 1 heterocycles. The summed E-state index contributed by atoms with van der Waals surface area (Å²) in [6.45, 7) is 1.06. The molecule has 0 saturated heterocycles. The van der Waals surface area contributed by atoms with E-state index in [0.717, 1.165) is 27.8 Å². The number of benzene rings is 3. The number of ether oxygens (including phenoxy) is 2. The number of nitro groups is 1. The van der Waals surface area contributed by atoms with Gasteiger partial charge in [0.2, 0.25) is 5.91 Å². The molecule has 10 nitrogen and oxygen atoms in total. The van der Waals surface area contributed by atoms with Crippen molar-refractivity contribution in [3.63, 3.8) is 0 Å². The van der Waals surface area contributed by atoms with E-state index in [-0.39, 0.29) is 36.9 Å². The zero-order chi connectivity index (χ0) is 28.5. The number of aromatic nitrogens is 1. The highest BCUT2D eigenvalue weighted by molar-refractivity contribution is 5.96. The van der Waals surface area contributed by atoms with Crippen molar-refractivity contribution < 1.29 is 24.0 Å². The van der Waals surface area contributed by atoms with Gasteiger partial charge in [0.05, 0.1) is 18.6 Å². The number of non-ortho nitro benzene ring substituents is 1. The number of H-pyrrole nitrogens is 1. The molecule has 40 heavy (non-hydrogen) atoms. The average Bonchev–Trinajstić information content (AvgIpc) is 3.40. The SMILES string of the molecule is COCCN(CC(=O)N(CCc1c[nH]c2ccccc12)Cc1ccc(OC)cc1)C(=O)c1ccc([N+](=O)[O-])cc1. The van der Waals surface area contributed by atoms with E-state index in [9.17, 15) is 19.7 Å². The Morgan fingerprint density at radius 2 is 1.65 bits per heavy atom. The lowest BCUT2D eigenvalue weighted by molar-refractivity contribution is -0.384. The minimum absolute atomic E-state index is 0.112. The van der Waals surface area contributed by atoms with E-state index in [0.29, 0.717) is 19.5 Å². The lowest BCUT2D eigenvalue weighted by Gasteiger charge is -2.28. The zero-order valence-corrected chi connectivity index (χ0v) is 22.5. The summed E-state index contributed by atoms with van der Waals surface area (Å²) in [5.41, 5.74) is 3.21. The topological polar surface area (TPSA) is 118 Å². The quantitative estimate of drug-likeness (QED) is 0.196. The van der Waals surface area contributed by atoms with Gasteiger partial charge in [-0.05, 0) is 47.9 Å². The maximum Gasteiger partial charge on any atom is 0.269 e. The zero-order valence-electron chi connectivity index (χ0n) is 22.5. The van der Waals surface area contributed by atoms with Gasteiger partial charge in [-0.15, -0.1) is 0 Å². The standard InChI is InChI=1S/C30H32N4O6/c1-39-18-17-33(30(36)23-9-11-25(12-10-23)34(37)38)21-29(35)32(20-22-7-13-26(40-2)14-8-22)16-15-24-19-31-28-6-4-3-5-27(24)28/h3-14,19,31H,15-18,20-21H2,1-2H3. The van der Waals surface area contributed by atoms with Gasteiger partial charge in [-0.2, -0.15) is 0 Å². The van der Waals surface area contributed by atoms with Crippen molar-refractivity contribution in [3.8, 4) is 5.75 Å². The number of aromatic amines is 1. The molecule has 0 spiro atoms. The maximum absolute atomic E-state index is 13.7. The Morgan fingerprint density at radius 1 is 0.925 bits per heavy atom. The van der Waals surface area contributed by atoms with Gasteiger partial charge in [-0.1, -0.05) is 30.3 Å². The molecule has 0 aliphatic heterocycles. The Kier molecular flexibility index (Phi) is 9.48. The van der Waals surface area contributed by atoms with Crippen LogP contribution in [0.4, 0.5) is 5.69 Å². The van der Waals surface area contributed by atoms with E-state index in [1.165, 1.54) is 36.3 Å². The molecule has 10 heteroatoms. The number of carbonyl (C=O) groups is 2. The normalized spacial score (nSPS) is 10.8. The first-order valence-corrected chi connectivity index (χ1v) is 12.9. The molecule has 0 bridgehead atoms. The third-order valence-corrected chi connectivity index (χ3v) is 6.71. The van der Waals surface area contributed by atoms with Crippen LogP contribution in [-0.4, -0.2) is 72.0 Å². The molecule has 4 rings (SSSR count). The second kappa shape index (κ2) is 13.4. The maximum atomic E-state index is 13.7. The van der Waals surface area contributed by atoms with Crippen LogP contribution < -0.4 is 4.74 Å². The second-order valence-electron chi connectivity index (χ2n) is 9.30. The highest BCUT2D eigenvalue weighted by Crippen LogP contribution is 2.20. The molecule has 0 unspecified atom stereocenters. The molecule has 0 aliphatic carbocycles. The molecule has 0 fully saturated rings. The summed E-state index contributed by atoms with van der Waals surface area (Å²) in [7, 11) is 3.12. The number of amides is 2. The van der Waals surface area contributed by atoms with Gasteiger partial charge in [0.1, 0.15) is 12.3 Å². The van der Waals surface area contributed by atoms with Crippen molar-refractivity contribution in [1.82, 2.24) is 14.8 Å². The monoisotopic (exact) mass is 544 g/mol. The molecule has 1 aromatic heterocycles. The number of nitro benzene ring substituents is 1. The number of methoxy groups -OCH3 is 2. The van der Waals surface area contributed by atoms with Gasteiger partial charge < -0.3 is 24.3 Å². The summed E-state index contributed by atoms with van der Waals surface area (Å²) in [6, 6.07) is 20.9. The third kappa shape index (κ3) is 7.03. The number of carbonyl (C=O) groups excluding carboxylic acids is 2. The van der Waals surface area contributed by atoms with Crippen molar-refractivity contribution in [2.75, 3.05) is 40.5 Å². The van der Waals surface area contributed by atoms with E-state index in [4.69, 9.17) is 9.47 Å². The lowest BCUT2D eigenvalue weighted by atomic mass is 10.1. The van der Waals surface area contributed by atoms with E-state index in [1.807, 2.05) is 54.7 Å². The number of nitrogens with zero attached hydrogens (tertiary/aromatic N) is 3. The van der Waals surface area contributed by atoms with Crippen LogP contribution in [0, 0.1) is 10.1 Å². The highest BCUT2D eigenvalue weighted by atomic mass is 16.6. The van der Waals surface area contributed by atoms with Gasteiger partial charge in [0, 0.05) is 61.5 Å². The van der Waals surface area contributed by atoms with Crippen LogP contribution in [0.25, 0.3) is 10.9 Å². The molecule has 4 aromatic rings. The Balaban J connectivity index is 1.54. The molecule has 0 atom stereocenters. The smallest absolute Gasteiger partial charge is 0.269 e. The summed E-state index contributed by atoms with van der Waals surface area (Å²) >= 11 is 0. The number of rotatable bonds is 13. The number of hydrogen-bond acceptors (Lipinski definition) is 6.